The largest absolute Gasteiger partial charge is 0.355 e. The smallest absolute Gasteiger partial charge is 0.125 e. The van der Waals surface area contributed by atoms with Gasteiger partial charge in [0, 0.05) is 33.6 Å². The highest BCUT2D eigenvalue weighted by Gasteiger charge is 2.41. The maximum atomic E-state index is 4.66. The molecule has 6 heteroatoms. The number of pyridine rings is 1. The van der Waals surface area contributed by atoms with Gasteiger partial charge in [0.1, 0.15) is 4.83 Å². The molecular formula is C22H24N4S2. The minimum Gasteiger partial charge on any atom is -0.355 e. The van der Waals surface area contributed by atoms with Crippen molar-refractivity contribution in [1.29, 1.82) is 0 Å². The number of nitrogens with one attached hydrogen (secondary N) is 1. The SMILES string of the molecule is CCN1CC[C@H](c2cc3c(Nc4ccc5scnc5c4)ccnc3s2)C1(C)C. The summed E-state index contributed by atoms with van der Waals surface area (Å²) in [6, 6.07) is 10.8. The molecule has 5 rings (SSSR count). The van der Waals surface area contributed by atoms with Crippen molar-refractivity contribution >= 4 is 54.5 Å². The summed E-state index contributed by atoms with van der Waals surface area (Å²) >= 11 is 3.52. The molecule has 0 aliphatic carbocycles. The molecule has 0 unspecified atom stereocenters. The van der Waals surface area contributed by atoms with Crippen LogP contribution >= 0.6 is 22.7 Å². The molecule has 1 aliphatic rings. The summed E-state index contributed by atoms with van der Waals surface area (Å²) in [5.74, 6) is 0.561. The number of hydrogen-bond acceptors (Lipinski definition) is 6. The lowest BCUT2D eigenvalue weighted by molar-refractivity contribution is 0.171. The van der Waals surface area contributed by atoms with E-state index in [1.807, 2.05) is 23.0 Å². The minimum atomic E-state index is 0.193. The first-order chi connectivity index (χ1) is 13.6. The molecule has 1 aliphatic heterocycles. The van der Waals surface area contributed by atoms with Crippen LogP contribution in [0.4, 0.5) is 11.4 Å². The Labute approximate surface area is 173 Å². The van der Waals surface area contributed by atoms with Crippen LogP contribution in [0.3, 0.4) is 0 Å². The third-order valence-electron chi connectivity index (χ3n) is 6.14. The summed E-state index contributed by atoms with van der Waals surface area (Å²) in [6.07, 6.45) is 3.13. The normalized spacial score (nSPS) is 19.6. The summed E-state index contributed by atoms with van der Waals surface area (Å²) in [4.78, 5) is 14.3. The van der Waals surface area contributed by atoms with Crippen molar-refractivity contribution in [3.8, 4) is 0 Å². The maximum absolute atomic E-state index is 4.66. The molecule has 4 nitrogen and oxygen atoms in total. The molecule has 4 heterocycles. The van der Waals surface area contributed by atoms with Gasteiger partial charge < -0.3 is 5.32 Å². The van der Waals surface area contributed by atoms with Crippen molar-refractivity contribution in [1.82, 2.24) is 14.9 Å². The summed E-state index contributed by atoms with van der Waals surface area (Å²) in [6.45, 7) is 9.31. The summed E-state index contributed by atoms with van der Waals surface area (Å²) in [5.41, 5.74) is 5.31. The Kier molecular flexibility index (Phi) is 4.38. The Balaban J connectivity index is 1.51. The molecule has 0 bridgehead atoms. The van der Waals surface area contributed by atoms with Crippen molar-refractivity contribution in [3.05, 3.63) is 46.9 Å². The Morgan fingerprint density at radius 3 is 2.93 bits per heavy atom. The molecule has 1 atom stereocenters. The number of rotatable bonds is 4. The standard InChI is InChI=1S/C22H24N4S2/c1-4-26-10-8-16(22(26,2)3)20-12-15-17(7-9-23-21(15)28-20)25-14-5-6-19-18(11-14)24-13-27-19/h5-7,9,11-13,16H,4,8,10H2,1-3H3,(H,23,25)/t16-/m1/s1. The molecule has 4 aromatic rings. The van der Waals surface area contributed by atoms with Gasteiger partial charge in [0.15, 0.2) is 0 Å². The highest BCUT2D eigenvalue weighted by molar-refractivity contribution is 7.18. The predicted molar refractivity (Wildman–Crippen MR) is 121 cm³/mol. The number of thiophene rings is 1. The first kappa shape index (κ1) is 18.0. The number of likely N-dealkylation sites (N-methyl/N-ethyl adjacent to an activating group) is 1. The lowest BCUT2D eigenvalue weighted by atomic mass is 9.87. The van der Waals surface area contributed by atoms with Gasteiger partial charge in [-0.3, -0.25) is 4.90 Å². The van der Waals surface area contributed by atoms with Crippen molar-refractivity contribution in [2.24, 2.45) is 0 Å². The molecule has 28 heavy (non-hydrogen) atoms. The molecule has 0 radical (unpaired) electrons. The monoisotopic (exact) mass is 408 g/mol. The molecule has 0 amide bonds. The van der Waals surface area contributed by atoms with Gasteiger partial charge in [0.05, 0.1) is 21.4 Å². The quantitative estimate of drug-likeness (QED) is 0.434. The van der Waals surface area contributed by atoms with Gasteiger partial charge in [0.25, 0.3) is 0 Å². The first-order valence-corrected chi connectivity index (χ1v) is 11.5. The van der Waals surface area contributed by atoms with Crippen LogP contribution in [-0.2, 0) is 0 Å². The zero-order valence-corrected chi connectivity index (χ0v) is 18.0. The van der Waals surface area contributed by atoms with Gasteiger partial charge in [-0.2, -0.15) is 0 Å². The Morgan fingerprint density at radius 2 is 2.11 bits per heavy atom. The number of benzene rings is 1. The van der Waals surface area contributed by atoms with Gasteiger partial charge in [-0.1, -0.05) is 6.92 Å². The van der Waals surface area contributed by atoms with Crippen LogP contribution in [0.5, 0.6) is 0 Å². The highest BCUT2D eigenvalue weighted by Crippen LogP contribution is 2.46. The Bertz CT molecular complexity index is 1140. The Hall–Kier alpha value is -2.02. The number of likely N-dealkylation sites (tertiary alicyclic amines) is 1. The summed E-state index contributed by atoms with van der Waals surface area (Å²) in [5, 5.41) is 4.81. The number of thiazole rings is 1. The maximum Gasteiger partial charge on any atom is 0.125 e. The highest BCUT2D eigenvalue weighted by atomic mass is 32.1. The van der Waals surface area contributed by atoms with E-state index in [9.17, 15) is 0 Å². The van der Waals surface area contributed by atoms with E-state index in [-0.39, 0.29) is 5.54 Å². The second kappa shape index (κ2) is 6.79. The fraction of sp³-hybridized carbons (Fsp3) is 0.364. The van der Waals surface area contributed by atoms with Crippen molar-refractivity contribution < 1.29 is 0 Å². The molecule has 1 saturated heterocycles. The predicted octanol–water partition coefficient (Wildman–Crippen LogP) is 6.24. The fourth-order valence-corrected chi connectivity index (χ4v) is 6.53. The van der Waals surface area contributed by atoms with Gasteiger partial charge in [-0.15, -0.1) is 22.7 Å². The molecular weight excluding hydrogens is 384 g/mol. The van der Waals surface area contributed by atoms with Crippen LogP contribution in [0, 0.1) is 0 Å². The third kappa shape index (κ3) is 2.91. The second-order valence-corrected chi connectivity index (χ2v) is 9.91. The topological polar surface area (TPSA) is 41.0 Å². The minimum absolute atomic E-state index is 0.193. The first-order valence-electron chi connectivity index (χ1n) is 9.80. The van der Waals surface area contributed by atoms with Crippen molar-refractivity contribution in [2.75, 3.05) is 18.4 Å². The van der Waals surface area contributed by atoms with E-state index in [1.165, 1.54) is 27.9 Å². The van der Waals surface area contributed by atoms with E-state index in [1.54, 1.807) is 11.3 Å². The van der Waals surface area contributed by atoms with Gasteiger partial charge in [-0.25, -0.2) is 9.97 Å². The molecule has 1 fully saturated rings. The molecule has 1 aromatic carbocycles. The molecule has 0 saturated carbocycles. The average Bonchev–Trinajstić information content (AvgIpc) is 3.37. The summed E-state index contributed by atoms with van der Waals surface area (Å²) < 4.78 is 1.21. The summed E-state index contributed by atoms with van der Waals surface area (Å²) in [7, 11) is 0. The molecule has 0 spiro atoms. The zero-order chi connectivity index (χ0) is 19.3. The van der Waals surface area contributed by atoms with Gasteiger partial charge in [0.2, 0.25) is 0 Å². The van der Waals surface area contributed by atoms with E-state index in [0.717, 1.165) is 28.3 Å². The molecule has 1 N–H and O–H groups in total. The van der Waals surface area contributed by atoms with Gasteiger partial charge in [-0.05, 0) is 63.7 Å². The fourth-order valence-electron chi connectivity index (χ4n) is 4.53. The van der Waals surface area contributed by atoms with Crippen LogP contribution in [0.15, 0.2) is 42.0 Å². The number of fused-ring (bicyclic) bond motifs is 2. The van der Waals surface area contributed by atoms with E-state index >= 15 is 0 Å². The van der Waals surface area contributed by atoms with E-state index in [0.29, 0.717) is 5.92 Å². The number of hydrogen-bond donors (Lipinski definition) is 1. The van der Waals surface area contributed by atoms with E-state index < -0.39 is 0 Å². The van der Waals surface area contributed by atoms with Crippen molar-refractivity contribution in [2.45, 2.75) is 38.6 Å². The number of nitrogens with zero attached hydrogens (tertiary/aromatic N) is 3. The van der Waals surface area contributed by atoms with E-state index in [2.05, 4.69) is 71.3 Å². The van der Waals surface area contributed by atoms with Crippen LogP contribution in [-0.4, -0.2) is 33.5 Å². The number of anilines is 2. The van der Waals surface area contributed by atoms with Crippen LogP contribution < -0.4 is 5.32 Å². The van der Waals surface area contributed by atoms with E-state index in [4.69, 9.17) is 0 Å². The van der Waals surface area contributed by atoms with Crippen LogP contribution in [0.25, 0.3) is 20.4 Å². The molecule has 144 valence electrons. The molecule has 3 aromatic heterocycles. The van der Waals surface area contributed by atoms with Crippen LogP contribution in [0.1, 0.15) is 38.0 Å². The van der Waals surface area contributed by atoms with Crippen molar-refractivity contribution in [3.63, 3.8) is 0 Å². The lowest BCUT2D eigenvalue weighted by Crippen LogP contribution is -2.41. The average molecular weight is 409 g/mol. The van der Waals surface area contributed by atoms with Crippen LogP contribution in [0.2, 0.25) is 0 Å². The third-order valence-corrected chi connectivity index (χ3v) is 8.11. The lowest BCUT2D eigenvalue weighted by Gasteiger charge is -2.35. The van der Waals surface area contributed by atoms with Gasteiger partial charge >= 0.3 is 0 Å². The zero-order valence-electron chi connectivity index (χ0n) is 16.4. The Morgan fingerprint density at radius 1 is 1.21 bits per heavy atom. The second-order valence-electron chi connectivity index (χ2n) is 7.96. The number of aromatic nitrogens is 2.